The van der Waals surface area contributed by atoms with Crippen molar-refractivity contribution in [1.82, 2.24) is 5.32 Å². The number of methoxy groups -OCH3 is 1. The minimum atomic E-state index is -0.480. The second-order valence-electron chi connectivity index (χ2n) is 4.13. The number of nitrogens with one attached hydrogen (secondary N) is 1. The van der Waals surface area contributed by atoms with Gasteiger partial charge in [-0.1, -0.05) is 25.7 Å². The average molecular weight is 211 g/mol. The fourth-order valence-electron chi connectivity index (χ4n) is 1.28. The summed E-state index contributed by atoms with van der Waals surface area (Å²) in [5.74, 6) is 2.36. The van der Waals surface area contributed by atoms with Gasteiger partial charge in [0.1, 0.15) is 6.04 Å². The lowest BCUT2D eigenvalue weighted by Gasteiger charge is -2.25. The van der Waals surface area contributed by atoms with Crippen molar-refractivity contribution in [2.45, 2.75) is 51.6 Å². The summed E-state index contributed by atoms with van der Waals surface area (Å²) >= 11 is 0. The second kappa shape index (κ2) is 6.47. The van der Waals surface area contributed by atoms with Crippen LogP contribution in [0.25, 0.3) is 0 Å². The summed E-state index contributed by atoms with van der Waals surface area (Å²) in [6.07, 6.45) is 8.15. The maximum absolute atomic E-state index is 11.5. The Hall–Kier alpha value is -1.01. The van der Waals surface area contributed by atoms with Crippen LogP contribution in [0.5, 0.6) is 0 Å². The van der Waals surface area contributed by atoms with Crippen LogP contribution in [0.3, 0.4) is 0 Å². The van der Waals surface area contributed by atoms with Gasteiger partial charge < -0.3 is 4.74 Å². The van der Waals surface area contributed by atoms with Crippen molar-refractivity contribution in [3.63, 3.8) is 0 Å². The Morgan fingerprint density at radius 1 is 1.60 bits per heavy atom. The largest absolute Gasteiger partial charge is 0.468 e. The van der Waals surface area contributed by atoms with Gasteiger partial charge in [0.25, 0.3) is 0 Å². The number of hydrogen-bond acceptors (Lipinski definition) is 3. The first kappa shape index (κ1) is 14.0. The number of hydrogen-bond donors (Lipinski definition) is 1. The van der Waals surface area contributed by atoms with Crippen LogP contribution in [0.2, 0.25) is 0 Å². The highest BCUT2D eigenvalue weighted by Gasteiger charge is 2.25. The van der Waals surface area contributed by atoms with Crippen LogP contribution < -0.4 is 5.32 Å². The van der Waals surface area contributed by atoms with Crippen molar-refractivity contribution in [2.75, 3.05) is 7.11 Å². The zero-order chi connectivity index (χ0) is 11.9. The SMILES string of the molecule is C#CC(C)(C)NC(CCCC)C(=O)OC. The van der Waals surface area contributed by atoms with E-state index in [-0.39, 0.29) is 12.0 Å². The van der Waals surface area contributed by atoms with Gasteiger partial charge in [-0.3, -0.25) is 10.1 Å². The summed E-state index contributed by atoms with van der Waals surface area (Å²) in [6.45, 7) is 5.82. The van der Waals surface area contributed by atoms with E-state index in [1.165, 1.54) is 7.11 Å². The third-order valence-electron chi connectivity index (χ3n) is 2.23. The summed E-state index contributed by atoms with van der Waals surface area (Å²) in [4.78, 5) is 11.5. The molecule has 1 unspecified atom stereocenters. The predicted molar refractivity (Wildman–Crippen MR) is 61.4 cm³/mol. The molecular weight excluding hydrogens is 190 g/mol. The summed E-state index contributed by atoms with van der Waals surface area (Å²) in [5, 5.41) is 3.12. The lowest BCUT2D eigenvalue weighted by molar-refractivity contribution is -0.143. The molecule has 86 valence electrons. The molecule has 0 fully saturated rings. The van der Waals surface area contributed by atoms with E-state index in [2.05, 4.69) is 18.2 Å². The topological polar surface area (TPSA) is 38.3 Å². The minimum Gasteiger partial charge on any atom is -0.468 e. The molecule has 1 atom stereocenters. The summed E-state index contributed by atoms with van der Waals surface area (Å²) < 4.78 is 4.73. The van der Waals surface area contributed by atoms with E-state index >= 15 is 0 Å². The molecule has 0 radical (unpaired) electrons. The lowest BCUT2D eigenvalue weighted by Crippen LogP contribution is -2.49. The van der Waals surface area contributed by atoms with Crippen molar-refractivity contribution in [2.24, 2.45) is 0 Å². The van der Waals surface area contributed by atoms with Crippen LogP contribution in [-0.4, -0.2) is 24.7 Å². The van der Waals surface area contributed by atoms with Crippen LogP contribution in [0.1, 0.15) is 40.0 Å². The predicted octanol–water partition coefficient (Wildman–Crippen LogP) is 1.72. The Balaban J connectivity index is 4.38. The van der Waals surface area contributed by atoms with E-state index < -0.39 is 5.54 Å². The molecule has 0 aliphatic rings. The third kappa shape index (κ3) is 5.44. The monoisotopic (exact) mass is 211 g/mol. The molecule has 1 N–H and O–H groups in total. The summed E-state index contributed by atoms with van der Waals surface area (Å²) in [7, 11) is 1.39. The van der Waals surface area contributed by atoms with Crippen LogP contribution in [-0.2, 0) is 9.53 Å². The molecule has 15 heavy (non-hydrogen) atoms. The first-order valence-electron chi connectivity index (χ1n) is 5.30. The number of unbranched alkanes of at least 4 members (excludes halogenated alkanes) is 1. The van der Waals surface area contributed by atoms with E-state index in [0.29, 0.717) is 0 Å². The van der Waals surface area contributed by atoms with Gasteiger partial charge in [-0.15, -0.1) is 6.42 Å². The highest BCUT2D eigenvalue weighted by atomic mass is 16.5. The molecule has 0 amide bonds. The standard InChI is InChI=1S/C12H21NO2/c1-6-8-9-10(11(14)15-5)13-12(3,4)7-2/h2,10,13H,6,8-9H2,1,3-5H3. The molecule has 0 spiro atoms. The minimum absolute atomic E-state index is 0.244. The lowest BCUT2D eigenvalue weighted by atomic mass is 10.0. The van der Waals surface area contributed by atoms with Crippen LogP contribution in [0.15, 0.2) is 0 Å². The van der Waals surface area contributed by atoms with Crippen molar-refractivity contribution < 1.29 is 9.53 Å². The van der Waals surface area contributed by atoms with Gasteiger partial charge in [0.2, 0.25) is 0 Å². The van der Waals surface area contributed by atoms with Gasteiger partial charge in [0, 0.05) is 0 Å². The average Bonchev–Trinajstić information content (AvgIpc) is 2.23. The van der Waals surface area contributed by atoms with E-state index in [1.807, 2.05) is 13.8 Å². The van der Waals surface area contributed by atoms with Crippen LogP contribution in [0, 0.1) is 12.3 Å². The molecule has 0 aromatic carbocycles. The van der Waals surface area contributed by atoms with Gasteiger partial charge in [-0.25, -0.2) is 0 Å². The molecule has 3 heteroatoms. The molecule has 0 bridgehead atoms. The van der Waals surface area contributed by atoms with E-state index in [0.717, 1.165) is 19.3 Å². The molecule has 0 aromatic heterocycles. The Labute approximate surface area is 92.6 Å². The van der Waals surface area contributed by atoms with Crippen LogP contribution in [0.4, 0.5) is 0 Å². The molecule has 3 nitrogen and oxygen atoms in total. The zero-order valence-electron chi connectivity index (χ0n) is 10.1. The number of terminal acetylenes is 1. The quantitative estimate of drug-likeness (QED) is 0.537. The number of carbonyl (C=O) groups excluding carboxylic acids is 1. The first-order valence-corrected chi connectivity index (χ1v) is 5.30. The molecule has 0 aliphatic carbocycles. The smallest absolute Gasteiger partial charge is 0.322 e. The van der Waals surface area contributed by atoms with E-state index in [4.69, 9.17) is 11.2 Å². The van der Waals surface area contributed by atoms with Gasteiger partial charge in [0.15, 0.2) is 0 Å². The van der Waals surface area contributed by atoms with E-state index in [1.54, 1.807) is 0 Å². The van der Waals surface area contributed by atoms with Crippen molar-refractivity contribution in [3.05, 3.63) is 0 Å². The third-order valence-corrected chi connectivity index (χ3v) is 2.23. The highest BCUT2D eigenvalue weighted by molar-refractivity contribution is 5.75. The zero-order valence-corrected chi connectivity index (χ0v) is 10.1. The number of rotatable bonds is 6. The van der Waals surface area contributed by atoms with Crippen molar-refractivity contribution in [1.29, 1.82) is 0 Å². The van der Waals surface area contributed by atoms with E-state index in [9.17, 15) is 4.79 Å². The molecule has 0 rings (SSSR count). The molecule has 0 aromatic rings. The highest BCUT2D eigenvalue weighted by Crippen LogP contribution is 2.08. The molecule has 0 saturated heterocycles. The maximum atomic E-state index is 11.5. The Morgan fingerprint density at radius 2 is 2.20 bits per heavy atom. The van der Waals surface area contributed by atoms with Crippen molar-refractivity contribution in [3.8, 4) is 12.3 Å². The Bertz CT molecular complexity index is 240. The molecular formula is C12H21NO2. The van der Waals surface area contributed by atoms with Gasteiger partial charge in [-0.2, -0.15) is 0 Å². The number of ether oxygens (including phenoxy) is 1. The van der Waals surface area contributed by atoms with Gasteiger partial charge in [0.05, 0.1) is 12.6 Å². The molecule has 0 saturated carbocycles. The summed E-state index contributed by atoms with van der Waals surface area (Å²) in [5.41, 5.74) is -0.480. The number of carbonyl (C=O) groups is 1. The maximum Gasteiger partial charge on any atom is 0.322 e. The van der Waals surface area contributed by atoms with Crippen LogP contribution >= 0.6 is 0 Å². The van der Waals surface area contributed by atoms with Gasteiger partial charge >= 0.3 is 5.97 Å². The molecule has 0 aliphatic heterocycles. The normalized spacial score (nSPS) is 13.0. The van der Waals surface area contributed by atoms with Gasteiger partial charge in [-0.05, 0) is 20.3 Å². The fraction of sp³-hybridized carbons (Fsp3) is 0.750. The van der Waals surface area contributed by atoms with Crippen molar-refractivity contribution >= 4 is 5.97 Å². The Morgan fingerprint density at radius 3 is 2.60 bits per heavy atom. The first-order chi connectivity index (χ1) is 6.96. The fourth-order valence-corrected chi connectivity index (χ4v) is 1.28. The number of esters is 1. The summed E-state index contributed by atoms with van der Waals surface area (Å²) in [6, 6.07) is -0.305. The Kier molecular flexibility index (Phi) is 6.03. The second-order valence-corrected chi connectivity index (χ2v) is 4.13. The molecule has 0 heterocycles.